The van der Waals surface area contributed by atoms with E-state index in [0.717, 1.165) is 0 Å². The first-order chi connectivity index (χ1) is 9.01. The quantitative estimate of drug-likeness (QED) is 0.684. The average molecular weight is 262 g/mol. The maximum absolute atomic E-state index is 11.7. The molecule has 3 N–H and O–H groups in total. The zero-order valence-electron chi connectivity index (χ0n) is 12.9. The largest absolute Gasteiger partial charge is 0.480 e. The van der Waals surface area contributed by atoms with Crippen LogP contribution in [0.15, 0.2) is 0 Å². The molecular formula is C11H20N2O5. The van der Waals surface area contributed by atoms with E-state index in [1.54, 1.807) is 0 Å². The molecule has 0 aliphatic heterocycles. The van der Waals surface area contributed by atoms with E-state index in [-0.39, 0.29) is 6.90 Å². The molecule has 0 saturated carbocycles. The molecule has 2 atom stereocenters. The average Bonchev–Trinajstić information content (AvgIpc) is 2.35. The first kappa shape index (κ1) is 12.7. The van der Waals surface area contributed by atoms with Crippen molar-refractivity contribution in [3.05, 3.63) is 0 Å². The molecule has 0 heterocycles. The number of nitrogens with one attached hydrogen (secondary N) is 2. The van der Waals surface area contributed by atoms with Crippen molar-refractivity contribution in [1.29, 1.82) is 0 Å². The summed E-state index contributed by atoms with van der Waals surface area (Å²) in [7, 11) is 0. The van der Waals surface area contributed by atoms with Gasteiger partial charge < -0.3 is 20.5 Å². The van der Waals surface area contributed by atoms with E-state index in [2.05, 4.69) is 5.32 Å². The molecule has 0 aromatic rings. The van der Waals surface area contributed by atoms with E-state index >= 15 is 0 Å². The maximum Gasteiger partial charge on any atom is 0.408 e. The minimum Gasteiger partial charge on any atom is -0.480 e. The minimum atomic E-state index is -1.22. The van der Waals surface area contributed by atoms with Gasteiger partial charge in [-0.25, -0.2) is 4.79 Å². The molecule has 0 radical (unpaired) electrons. The molecule has 0 aromatic heterocycles. The molecule has 0 fully saturated rings. The Hall–Kier alpha value is -1.79. The first-order valence-corrected chi connectivity index (χ1v) is 5.35. The topological polar surface area (TPSA) is 105 Å². The van der Waals surface area contributed by atoms with Gasteiger partial charge in [0.1, 0.15) is 17.7 Å². The first-order valence-electron chi connectivity index (χ1n) is 6.50. The van der Waals surface area contributed by atoms with Crippen LogP contribution in [0.5, 0.6) is 0 Å². The van der Waals surface area contributed by atoms with Crippen molar-refractivity contribution >= 4 is 18.0 Å². The molecular weight excluding hydrogens is 240 g/mol. The van der Waals surface area contributed by atoms with Gasteiger partial charge in [0.2, 0.25) is 5.91 Å². The number of carboxylic acids is 1. The van der Waals surface area contributed by atoms with Crippen molar-refractivity contribution < 1.29 is 27.0 Å². The summed E-state index contributed by atoms with van der Waals surface area (Å²) < 4.78 is 19.6. The van der Waals surface area contributed by atoms with Gasteiger partial charge in [-0.1, -0.05) is 0 Å². The maximum atomic E-state index is 11.7. The number of alkyl carbamates (subject to hydrolysis) is 1. The Bertz CT molecular complexity index is 389. The number of amides is 2. The Labute approximate surface area is 109 Å². The van der Waals surface area contributed by atoms with E-state index in [0.29, 0.717) is 5.31 Å². The summed E-state index contributed by atoms with van der Waals surface area (Å²) in [6, 6.07) is -2.34. The van der Waals surface area contributed by atoms with Crippen molar-refractivity contribution in [1.82, 2.24) is 10.6 Å². The summed E-state index contributed by atoms with van der Waals surface area (Å²) in [6.07, 6.45) is -1.08. The van der Waals surface area contributed by atoms with Gasteiger partial charge in [0.25, 0.3) is 0 Å². The normalized spacial score (nSPS) is 15.8. The van der Waals surface area contributed by atoms with Crippen LogP contribution in [0.2, 0.25) is 1.41 Å². The highest BCUT2D eigenvalue weighted by Crippen LogP contribution is 2.06. The van der Waals surface area contributed by atoms with E-state index in [9.17, 15) is 14.4 Å². The molecule has 18 heavy (non-hydrogen) atoms. The van der Waals surface area contributed by atoms with Crippen LogP contribution in [-0.2, 0) is 14.3 Å². The highest BCUT2D eigenvalue weighted by Gasteiger charge is 2.23. The standard InChI is InChI=1S/C11H20N2O5/c1-6(8(14)12-7(2)9(15)16)13-10(17)18-11(3,4)5/h6-7H,1-5H3,(H,12,14)(H,13,17)(H,15,16)/t6-,7-/m0/s1/i3D/hD. The SMILES string of the molecule is [2H]CC(C)(C)OC(=O)N([2H])[C@@H](C)C(=O)N[C@@H](C)C(=O)O. The van der Waals surface area contributed by atoms with Gasteiger partial charge in [-0.15, -0.1) is 0 Å². The van der Waals surface area contributed by atoms with Crippen LogP contribution in [0, 0.1) is 0 Å². The predicted octanol–water partition coefficient (Wildman–Crippen LogP) is 0.489. The molecule has 0 rings (SSSR count). The number of rotatable bonds is 4. The Kier molecular flexibility index (Phi) is 4.38. The summed E-state index contributed by atoms with van der Waals surface area (Å²) in [6.45, 7) is 5.35. The fraction of sp³-hybridized carbons (Fsp3) is 0.727. The van der Waals surface area contributed by atoms with Crippen molar-refractivity contribution in [2.24, 2.45) is 0 Å². The van der Waals surface area contributed by atoms with Crippen LogP contribution in [0.4, 0.5) is 4.79 Å². The Morgan fingerprint density at radius 2 is 1.89 bits per heavy atom. The molecule has 2 amide bonds. The fourth-order valence-electron chi connectivity index (χ4n) is 0.875. The number of carbonyl (C=O) groups is 3. The third-order valence-electron chi connectivity index (χ3n) is 1.77. The summed E-state index contributed by atoms with van der Waals surface area (Å²) in [5, 5.41) is 11.1. The molecule has 0 aromatic carbocycles. The van der Waals surface area contributed by atoms with E-state index < -0.39 is 35.7 Å². The lowest BCUT2D eigenvalue weighted by Gasteiger charge is -2.22. The van der Waals surface area contributed by atoms with Gasteiger partial charge >= 0.3 is 12.1 Å². The van der Waals surface area contributed by atoms with Gasteiger partial charge in [0, 0.05) is 1.37 Å². The van der Waals surface area contributed by atoms with Crippen molar-refractivity contribution in [2.45, 2.75) is 52.3 Å². The number of ether oxygens (including phenoxy) is 1. The van der Waals surface area contributed by atoms with Crippen molar-refractivity contribution in [2.75, 3.05) is 0 Å². The summed E-state index contributed by atoms with van der Waals surface area (Å²) in [4.78, 5) is 33.9. The lowest BCUT2D eigenvalue weighted by Crippen LogP contribution is -2.50. The van der Waals surface area contributed by atoms with E-state index in [4.69, 9.17) is 12.6 Å². The number of carbonyl (C=O) groups excluding carboxylic acids is 2. The van der Waals surface area contributed by atoms with Crippen LogP contribution in [0.25, 0.3) is 0 Å². The highest BCUT2D eigenvalue weighted by molar-refractivity contribution is 5.88. The molecule has 0 spiro atoms. The third-order valence-corrected chi connectivity index (χ3v) is 1.77. The Morgan fingerprint density at radius 1 is 1.33 bits per heavy atom. The zero-order valence-corrected chi connectivity index (χ0v) is 10.9. The van der Waals surface area contributed by atoms with E-state index in [1.807, 2.05) is 0 Å². The molecule has 0 unspecified atom stereocenters. The number of hydrogen-bond acceptors (Lipinski definition) is 4. The van der Waals surface area contributed by atoms with Gasteiger partial charge in [0.15, 0.2) is 1.41 Å². The molecule has 7 nitrogen and oxygen atoms in total. The second kappa shape index (κ2) is 6.23. The van der Waals surface area contributed by atoms with Crippen LogP contribution in [0.3, 0.4) is 0 Å². The Morgan fingerprint density at radius 3 is 2.33 bits per heavy atom. The van der Waals surface area contributed by atoms with Gasteiger partial charge in [-0.3, -0.25) is 9.59 Å². The fourth-order valence-corrected chi connectivity index (χ4v) is 0.875. The summed E-state index contributed by atoms with van der Waals surface area (Å²) >= 11 is 0. The minimum absolute atomic E-state index is 0.191. The van der Waals surface area contributed by atoms with Gasteiger partial charge in [0.05, 0.1) is 0 Å². The van der Waals surface area contributed by atoms with Crippen LogP contribution >= 0.6 is 0 Å². The van der Waals surface area contributed by atoms with Gasteiger partial charge in [-0.2, -0.15) is 0 Å². The number of hydrogen-bond donors (Lipinski definition) is 3. The molecule has 0 bridgehead atoms. The molecule has 0 saturated heterocycles. The summed E-state index contributed by atoms with van der Waals surface area (Å²) in [5.41, 5.74) is -1.07. The van der Waals surface area contributed by atoms with Gasteiger partial charge in [-0.05, 0) is 34.6 Å². The highest BCUT2D eigenvalue weighted by atomic mass is 16.6. The third kappa shape index (κ3) is 6.72. The van der Waals surface area contributed by atoms with Crippen LogP contribution in [0.1, 0.15) is 36.0 Å². The molecule has 7 heteroatoms. The van der Waals surface area contributed by atoms with Crippen molar-refractivity contribution in [3.63, 3.8) is 0 Å². The van der Waals surface area contributed by atoms with E-state index in [1.165, 1.54) is 27.7 Å². The lowest BCUT2D eigenvalue weighted by atomic mass is 10.2. The van der Waals surface area contributed by atoms with Crippen molar-refractivity contribution in [3.8, 4) is 0 Å². The molecule has 0 aliphatic carbocycles. The van der Waals surface area contributed by atoms with Crippen LogP contribution in [-0.4, -0.2) is 40.8 Å². The second-order valence-corrected chi connectivity index (χ2v) is 4.50. The van der Waals surface area contributed by atoms with Crippen LogP contribution < -0.4 is 10.6 Å². The monoisotopic (exact) mass is 262 g/mol. The molecule has 104 valence electrons. The predicted molar refractivity (Wildman–Crippen MR) is 64.1 cm³/mol. The number of aliphatic carboxylic acids is 1. The lowest BCUT2D eigenvalue weighted by molar-refractivity contribution is -0.141. The second-order valence-electron chi connectivity index (χ2n) is 4.50. The summed E-state index contributed by atoms with van der Waals surface area (Å²) in [5.74, 6) is -2.00. The smallest absolute Gasteiger partial charge is 0.408 e. The zero-order chi connectivity index (χ0) is 16.1. The Balaban J connectivity index is 4.61. The number of carboxylic acid groups (broad SMARTS) is 1. The molecule has 0 aliphatic rings.